The summed E-state index contributed by atoms with van der Waals surface area (Å²) in [5.74, 6) is -5.58. The van der Waals surface area contributed by atoms with Gasteiger partial charge in [-0.2, -0.15) is 23.7 Å². The SMILES string of the molecule is CCOC(=O)CN(C(=O)C(F)(F)F)C(Oc1cccc(C#N)c1)(Oc1cccc(C#N)c1)P(=O)(O)O. The summed E-state index contributed by atoms with van der Waals surface area (Å²) in [4.78, 5) is 44.4. The highest BCUT2D eigenvalue weighted by atomic mass is 31.2. The summed E-state index contributed by atoms with van der Waals surface area (Å²) in [6.07, 6.45) is -5.76. The maximum Gasteiger partial charge on any atom is 0.471 e. The number of hydrogen-bond donors (Lipinski definition) is 2. The zero-order chi connectivity index (χ0) is 27.1. The summed E-state index contributed by atoms with van der Waals surface area (Å²) in [7, 11) is -6.15. The van der Waals surface area contributed by atoms with E-state index in [0.717, 1.165) is 24.3 Å². The van der Waals surface area contributed by atoms with Gasteiger partial charge in [0.2, 0.25) is 0 Å². The number of nitriles is 2. The van der Waals surface area contributed by atoms with Crippen LogP contribution in [0.15, 0.2) is 48.5 Å². The number of halogens is 3. The number of ether oxygens (including phenoxy) is 3. The van der Waals surface area contributed by atoms with Crippen LogP contribution in [-0.2, 0) is 18.9 Å². The van der Waals surface area contributed by atoms with Crippen molar-refractivity contribution < 1.29 is 51.3 Å². The summed E-state index contributed by atoms with van der Waals surface area (Å²) in [6.45, 7) is -0.697. The van der Waals surface area contributed by atoms with Gasteiger partial charge in [-0.1, -0.05) is 12.1 Å². The molecule has 36 heavy (non-hydrogen) atoms. The number of amides is 1. The van der Waals surface area contributed by atoms with E-state index < -0.39 is 54.2 Å². The molecule has 2 aromatic rings. The van der Waals surface area contributed by atoms with Crippen molar-refractivity contribution in [1.82, 2.24) is 4.90 Å². The summed E-state index contributed by atoms with van der Waals surface area (Å²) in [6, 6.07) is 12.1. The molecule has 0 aliphatic rings. The molecule has 0 heterocycles. The van der Waals surface area contributed by atoms with Gasteiger partial charge in [-0.05, 0) is 43.3 Å². The largest absolute Gasteiger partial charge is 0.471 e. The minimum atomic E-state index is -6.15. The molecule has 0 radical (unpaired) electrons. The molecule has 0 fully saturated rings. The lowest BCUT2D eigenvalue weighted by Crippen LogP contribution is -2.63. The third-order valence-electron chi connectivity index (χ3n) is 4.22. The fraction of sp³-hybridized carbons (Fsp3) is 0.238. The molecule has 1 amide bonds. The van der Waals surface area contributed by atoms with E-state index in [1.807, 2.05) is 0 Å². The van der Waals surface area contributed by atoms with Crippen molar-refractivity contribution in [3.05, 3.63) is 59.7 Å². The molecular formula is C21H17F3N3O8P. The predicted octanol–water partition coefficient (Wildman–Crippen LogP) is 2.63. The monoisotopic (exact) mass is 527 g/mol. The van der Waals surface area contributed by atoms with Crippen LogP contribution in [0.3, 0.4) is 0 Å². The Labute approximate surface area is 202 Å². The molecule has 15 heteroatoms. The Morgan fingerprint density at radius 3 is 1.83 bits per heavy atom. The van der Waals surface area contributed by atoms with Crippen LogP contribution < -0.4 is 9.47 Å². The molecular weight excluding hydrogens is 510 g/mol. The number of esters is 1. The molecule has 0 bridgehead atoms. The van der Waals surface area contributed by atoms with E-state index in [2.05, 4.69) is 4.74 Å². The minimum Gasteiger partial charge on any atom is -0.465 e. The van der Waals surface area contributed by atoms with E-state index in [1.165, 1.54) is 31.2 Å². The summed E-state index contributed by atoms with van der Waals surface area (Å²) in [5, 5.41) is 18.2. The predicted molar refractivity (Wildman–Crippen MR) is 113 cm³/mol. The maximum absolute atomic E-state index is 13.6. The van der Waals surface area contributed by atoms with Crippen LogP contribution in [0.5, 0.6) is 11.5 Å². The van der Waals surface area contributed by atoms with Crippen molar-refractivity contribution in [2.24, 2.45) is 0 Å². The van der Waals surface area contributed by atoms with Crippen LogP contribution in [0, 0.1) is 22.7 Å². The third-order valence-corrected chi connectivity index (χ3v) is 5.38. The van der Waals surface area contributed by atoms with Gasteiger partial charge in [0.05, 0.1) is 29.9 Å². The molecule has 2 aromatic carbocycles. The average Bonchev–Trinajstić information content (AvgIpc) is 2.80. The van der Waals surface area contributed by atoms with Crippen molar-refractivity contribution in [3.8, 4) is 23.6 Å². The Morgan fingerprint density at radius 1 is 1.00 bits per heavy atom. The van der Waals surface area contributed by atoms with Crippen molar-refractivity contribution in [2.75, 3.05) is 13.2 Å². The van der Waals surface area contributed by atoms with E-state index in [0.29, 0.717) is 0 Å². The number of alkyl halides is 3. The Morgan fingerprint density at radius 2 is 1.47 bits per heavy atom. The van der Waals surface area contributed by atoms with Crippen molar-refractivity contribution in [3.63, 3.8) is 0 Å². The van der Waals surface area contributed by atoms with Crippen LogP contribution in [0.2, 0.25) is 0 Å². The molecule has 0 aliphatic heterocycles. The van der Waals surface area contributed by atoms with E-state index in [1.54, 1.807) is 12.1 Å². The topological polar surface area (TPSA) is 170 Å². The number of hydrogen-bond acceptors (Lipinski definition) is 8. The standard InChI is InChI=1S/C21H17F3N3O8P/c1-2-33-18(28)13-27(19(29)20(22,23)24)21(36(30,31)32,34-16-7-3-5-14(9-16)11-25)35-17-8-4-6-15(10-17)12-26/h3-10H,2,13H2,1H3,(H2,30,31,32). The first kappa shape index (κ1) is 28.1. The summed E-state index contributed by atoms with van der Waals surface area (Å²) < 4.78 is 68.5. The van der Waals surface area contributed by atoms with Gasteiger partial charge in [0.25, 0.3) is 0 Å². The highest BCUT2D eigenvalue weighted by Gasteiger charge is 2.64. The fourth-order valence-electron chi connectivity index (χ4n) is 2.76. The van der Waals surface area contributed by atoms with Gasteiger partial charge in [0.15, 0.2) is 0 Å². The lowest BCUT2D eigenvalue weighted by molar-refractivity contribution is -0.224. The fourth-order valence-corrected chi connectivity index (χ4v) is 3.69. The van der Waals surface area contributed by atoms with Gasteiger partial charge in [-0.3, -0.25) is 9.59 Å². The first-order valence-corrected chi connectivity index (χ1v) is 11.4. The van der Waals surface area contributed by atoms with Crippen LogP contribution in [0.25, 0.3) is 0 Å². The molecule has 0 atom stereocenters. The highest BCUT2D eigenvalue weighted by Crippen LogP contribution is 2.54. The minimum absolute atomic E-state index is 0.127. The second-order valence-electron chi connectivity index (χ2n) is 6.77. The van der Waals surface area contributed by atoms with Crippen molar-refractivity contribution in [1.29, 1.82) is 10.5 Å². The van der Waals surface area contributed by atoms with Gasteiger partial charge in [-0.15, -0.1) is 0 Å². The molecule has 0 unspecified atom stereocenters. The van der Waals surface area contributed by atoms with E-state index in [4.69, 9.17) is 20.0 Å². The maximum atomic E-state index is 13.6. The molecule has 11 nitrogen and oxygen atoms in total. The number of nitrogens with zero attached hydrogens (tertiary/aromatic N) is 3. The molecule has 190 valence electrons. The zero-order valence-corrected chi connectivity index (χ0v) is 19.2. The molecule has 0 aliphatic carbocycles. The highest BCUT2D eigenvalue weighted by molar-refractivity contribution is 7.53. The Bertz CT molecular complexity index is 1210. The van der Waals surface area contributed by atoms with Gasteiger partial charge >= 0.3 is 31.3 Å². The Hall–Kier alpha value is -4.10. The number of carbonyl (C=O) groups excluding carboxylic acids is 2. The zero-order valence-electron chi connectivity index (χ0n) is 18.3. The second-order valence-corrected chi connectivity index (χ2v) is 8.42. The number of carbonyl (C=O) groups is 2. The van der Waals surface area contributed by atoms with Gasteiger partial charge in [0, 0.05) is 0 Å². The van der Waals surface area contributed by atoms with Crippen LogP contribution in [0.1, 0.15) is 18.1 Å². The molecule has 0 spiro atoms. The van der Waals surface area contributed by atoms with Gasteiger partial charge < -0.3 is 24.0 Å². The number of rotatable bonds is 9. The average molecular weight is 527 g/mol. The van der Waals surface area contributed by atoms with Gasteiger partial charge in [0.1, 0.15) is 18.0 Å². The van der Waals surface area contributed by atoms with E-state index in [9.17, 15) is 37.1 Å². The summed E-state index contributed by atoms with van der Waals surface area (Å²) >= 11 is 0. The Kier molecular flexibility index (Phi) is 8.67. The molecule has 2 N–H and O–H groups in total. The van der Waals surface area contributed by atoms with Crippen molar-refractivity contribution >= 4 is 19.5 Å². The van der Waals surface area contributed by atoms with E-state index >= 15 is 0 Å². The summed E-state index contributed by atoms with van der Waals surface area (Å²) in [5.41, 5.74) is -4.19. The molecule has 2 rings (SSSR count). The van der Waals surface area contributed by atoms with Crippen molar-refractivity contribution in [2.45, 2.75) is 18.8 Å². The smallest absolute Gasteiger partial charge is 0.465 e. The molecule has 0 saturated carbocycles. The third kappa shape index (κ3) is 6.52. The second kappa shape index (κ2) is 11.1. The molecule has 0 aromatic heterocycles. The lowest BCUT2D eigenvalue weighted by atomic mass is 10.2. The lowest BCUT2D eigenvalue weighted by Gasteiger charge is -2.41. The van der Waals surface area contributed by atoms with E-state index in [-0.39, 0.29) is 17.7 Å². The first-order valence-electron chi connectivity index (χ1n) is 9.75. The van der Waals surface area contributed by atoms with Crippen LogP contribution in [-0.4, -0.2) is 51.5 Å². The molecule has 0 saturated heterocycles. The Balaban J connectivity index is 2.86. The quantitative estimate of drug-likeness (QED) is 0.281. The number of benzene rings is 2. The van der Waals surface area contributed by atoms with Crippen LogP contribution in [0.4, 0.5) is 13.2 Å². The first-order chi connectivity index (χ1) is 16.8. The normalized spacial score (nSPS) is 11.6. The van der Waals surface area contributed by atoms with Gasteiger partial charge in [-0.25, -0.2) is 9.46 Å². The van der Waals surface area contributed by atoms with Crippen LogP contribution >= 0.6 is 7.60 Å².